The van der Waals surface area contributed by atoms with Gasteiger partial charge in [-0.05, 0) is 84.4 Å². The minimum absolute atomic E-state index is 0.587. The Hall–Kier alpha value is -7.37. The number of hydrogen-bond acceptors (Lipinski definition) is 4. The predicted octanol–water partition coefficient (Wildman–Crippen LogP) is 13.6. The first-order valence-corrected chi connectivity index (χ1v) is 18.1. The Bertz CT molecular complexity index is 3160. The predicted molar refractivity (Wildman–Crippen MR) is 221 cm³/mol. The average Bonchev–Trinajstić information content (AvgIpc) is 3.94. The minimum Gasteiger partial charge on any atom is -0.456 e. The molecule has 254 valence electrons. The molecule has 0 bridgehead atoms. The molecule has 0 fully saturated rings. The number of benzene rings is 8. The molecule has 8 aromatic carbocycles. The third kappa shape index (κ3) is 4.69. The second-order valence-electron chi connectivity index (χ2n) is 13.5. The molecule has 0 saturated heterocycles. The van der Waals surface area contributed by atoms with Gasteiger partial charge in [0.15, 0.2) is 5.58 Å². The molecule has 0 radical (unpaired) electrons. The molecule has 0 saturated carbocycles. The van der Waals surface area contributed by atoms with Crippen LogP contribution in [0.5, 0.6) is 0 Å². The number of nitrogens with zero attached hydrogens (tertiary/aromatic N) is 3. The van der Waals surface area contributed by atoms with Gasteiger partial charge in [0.1, 0.15) is 16.7 Å². The third-order valence-electron chi connectivity index (χ3n) is 10.4. The zero-order valence-corrected chi connectivity index (χ0v) is 29.1. The fourth-order valence-electron chi connectivity index (χ4n) is 8.07. The van der Waals surface area contributed by atoms with Crippen molar-refractivity contribution in [2.75, 3.05) is 4.90 Å². The average molecular weight is 694 g/mol. The van der Waals surface area contributed by atoms with Gasteiger partial charge in [0, 0.05) is 38.7 Å². The number of aromatic nitrogens is 2. The Kier molecular flexibility index (Phi) is 6.79. The summed E-state index contributed by atoms with van der Waals surface area (Å²) in [4.78, 5) is 7.45. The molecule has 3 heterocycles. The minimum atomic E-state index is 0.587. The number of oxazole rings is 1. The van der Waals surface area contributed by atoms with E-state index in [0.717, 1.165) is 83.5 Å². The van der Waals surface area contributed by atoms with Crippen LogP contribution in [0.15, 0.2) is 197 Å². The van der Waals surface area contributed by atoms with Crippen LogP contribution in [0.2, 0.25) is 0 Å². The van der Waals surface area contributed by atoms with Gasteiger partial charge in [-0.25, -0.2) is 4.98 Å². The molecule has 54 heavy (non-hydrogen) atoms. The zero-order valence-electron chi connectivity index (χ0n) is 29.1. The molecule has 0 N–H and O–H groups in total. The normalized spacial score (nSPS) is 11.7. The molecule has 0 aliphatic rings. The zero-order chi connectivity index (χ0) is 35.6. The quantitative estimate of drug-likeness (QED) is 0.174. The van der Waals surface area contributed by atoms with Gasteiger partial charge < -0.3 is 18.3 Å². The Morgan fingerprint density at radius 2 is 1.09 bits per heavy atom. The highest BCUT2D eigenvalue weighted by Crippen LogP contribution is 2.48. The van der Waals surface area contributed by atoms with Crippen LogP contribution in [0.4, 0.5) is 17.1 Å². The van der Waals surface area contributed by atoms with Gasteiger partial charge in [0.05, 0.1) is 27.8 Å². The fraction of sp³-hybridized carbons (Fsp3) is 0. The van der Waals surface area contributed by atoms with Crippen LogP contribution in [-0.2, 0) is 0 Å². The van der Waals surface area contributed by atoms with Gasteiger partial charge in [0.2, 0.25) is 5.89 Å². The van der Waals surface area contributed by atoms with Crippen molar-refractivity contribution in [2.24, 2.45) is 0 Å². The highest BCUT2D eigenvalue weighted by atomic mass is 16.4. The van der Waals surface area contributed by atoms with Gasteiger partial charge >= 0.3 is 0 Å². The summed E-state index contributed by atoms with van der Waals surface area (Å²) in [5.74, 6) is 0.587. The lowest BCUT2D eigenvalue weighted by molar-refractivity contribution is 0.619. The van der Waals surface area contributed by atoms with Crippen molar-refractivity contribution in [3.8, 4) is 28.3 Å². The smallest absolute Gasteiger partial charge is 0.227 e. The number of rotatable bonds is 6. The molecule has 0 unspecified atom stereocenters. The second-order valence-corrected chi connectivity index (χ2v) is 13.5. The van der Waals surface area contributed by atoms with E-state index in [-0.39, 0.29) is 0 Å². The number of anilines is 3. The lowest BCUT2D eigenvalue weighted by Crippen LogP contribution is -2.11. The van der Waals surface area contributed by atoms with Crippen LogP contribution < -0.4 is 4.90 Å². The molecule has 11 rings (SSSR count). The van der Waals surface area contributed by atoms with Gasteiger partial charge in [-0.1, -0.05) is 109 Å². The standard InChI is InChI=1S/C49H31N3O2/c1-4-15-32(16-5-1)36-21-10-12-23-39(36)52(42-26-14-25-41-46(42)37-22-11-13-24-40(37)51(41)34-19-8-3-9-20-34)35-27-28-43-38(31-35)47-44(53-43)29-30-45-48(47)50-49(54-45)33-17-6-2-7-18-33/h1-31H. The van der Waals surface area contributed by atoms with E-state index >= 15 is 0 Å². The highest BCUT2D eigenvalue weighted by Gasteiger charge is 2.24. The molecular formula is C49H31N3O2. The van der Waals surface area contributed by atoms with Crippen LogP contribution in [0.1, 0.15) is 0 Å². The van der Waals surface area contributed by atoms with Gasteiger partial charge in [0.25, 0.3) is 0 Å². The van der Waals surface area contributed by atoms with Gasteiger partial charge in [-0.15, -0.1) is 0 Å². The van der Waals surface area contributed by atoms with Crippen molar-refractivity contribution in [3.63, 3.8) is 0 Å². The Labute approximate surface area is 310 Å². The fourth-order valence-corrected chi connectivity index (χ4v) is 8.07. The summed E-state index contributed by atoms with van der Waals surface area (Å²) in [6, 6.07) is 65.7. The van der Waals surface area contributed by atoms with Gasteiger partial charge in [-0.2, -0.15) is 0 Å². The number of fused-ring (bicyclic) bond motifs is 8. The van der Waals surface area contributed by atoms with E-state index in [1.165, 1.54) is 10.8 Å². The molecule has 5 heteroatoms. The van der Waals surface area contributed by atoms with E-state index in [1.807, 2.05) is 42.5 Å². The maximum Gasteiger partial charge on any atom is 0.227 e. The van der Waals surface area contributed by atoms with Crippen molar-refractivity contribution >= 4 is 71.9 Å². The number of furan rings is 1. The second kappa shape index (κ2) is 12.1. The van der Waals surface area contributed by atoms with Crippen LogP contribution in [0.25, 0.3) is 83.1 Å². The summed E-state index contributed by atoms with van der Waals surface area (Å²) in [6.45, 7) is 0. The summed E-state index contributed by atoms with van der Waals surface area (Å²) < 4.78 is 15.2. The molecule has 3 aromatic heterocycles. The van der Waals surface area contributed by atoms with Crippen molar-refractivity contribution in [1.29, 1.82) is 0 Å². The monoisotopic (exact) mass is 693 g/mol. The largest absolute Gasteiger partial charge is 0.456 e. The van der Waals surface area contributed by atoms with Crippen molar-refractivity contribution in [1.82, 2.24) is 9.55 Å². The Balaban J connectivity index is 1.21. The Morgan fingerprint density at radius 1 is 0.444 bits per heavy atom. The molecule has 0 spiro atoms. The molecule has 0 amide bonds. The SMILES string of the molecule is c1ccc(-c2nc3c(ccc4oc5ccc(N(c6ccccc6-c6ccccc6)c6cccc7c6c6ccccc6n7-c6ccccc6)cc5c43)o2)cc1. The van der Waals surface area contributed by atoms with E-state index in [2.05, 4.69) is 155 Å². The first kappa shape index (κ1) is 30.3. The third-order valence-corrected chi connectivity index (χ3v) is 10.4. The summed E-state index contributed by atoms with van der Waals surface area (Å²) in [6.07, 6.45) is 0. The van der Waals surface area contributed by atoms with Crippen LogP contribution in [0.3, 0.4) is 0 Å². The number of hydrogen-bond donors (Lipinski definition) is 0. The van der Waals surface area contributed by atoms with Crippen molar-refractivity contribution in [3.05, 3.63) is 188 Å². The molecule has 11 aromatic rings. The first-order chi connectivity index (χ1) is 26.8. The molecule has 0 aliphatic carbocycles. The lowest BCUT2D eigenvalue weighted by Gasteiger charge is -2.29. The number of para-hydroxylation sites is 3. The van der Waals surface area contributed by atoms with Crippen molar-refractivity contribution in [2.45, 2.75) is 0 Å². The lowest BCUT2D eigenvalue weighted by atomic mass is 10.0. The molecule has 0 aliphatic heterocycles. The molecule has 0 atom stereocenters. The summed E-state index contributed by atoms with van der Waals surface area (Å²) >= 11 is 0. The van der Waals surface area contributed by atoms with Crippen LogP contribution in [-0.4, -0.2) is 9.55 Å². The van der Waals surface area contributed by atoms with E-state index < -0.39 is 0 Å². The summed E-state index contributed by atoms with van der Waals surface area (Å²) in [5.41, 5.74) is 12.8. The summed E-state index contributed by atoms with van der Waals surface area (Å²) in [7, 11) is 0. The highest BCUT2D eigenvalue weighted by molar-refractivity contribution is 6.19. The molecule has 5 nitrogen and oxygen atoms in total. The van der Waals surface area contributed by atoms with E-state index in [9.17, 15) is 0 Å². The topological polar surface area (TPSA) is 47.3 Å². The van der Waals surface area contributed by atoms with Crippen LogP contribution in [0, 0.1) is 0 Å². The molecular weight excluding hydrogens is 663 g/mol. The van der Waals surface area contributed by atoms with Gasteiger partial charge in [-0.3, -0.25) is 0 Å². The van der Waals surface area contributed by atoms with Crippen molar-refractivity contribution < 1.29 is 8.83 Å². The van der Waals surface area contributed by atoms with E-state index in [0.29, 0.717) is 5.89 Å². The Morgan fingerprint density at radius 3 is 1.93 bits per heavy atom. The summed E-state index contributed by atoms with van der Waals surface area (Å²) in [5, 5.41) is 4.26. The maximum absolute atomic E-state index is 6.49. The first-order valence-electron chi connectivity index (χ1n) is 18.1. The van der Waals surface area contributed by atoms with Crippen LogP contribution >= 0.6 is 0 Å². The van der Waals surface area contributed by atoms with E-state index in [1.54, 1.807) is 0 Å². The van der Waals surface area contributed by atoms with E-state index in [4.69, 9.17) is 13.8 Å². The maximum atomic E-state index is 6.49.